The van der Waals surface area contributed by atoms with E-state index >= 15 is 0 Å². The summed E-state index contributed by atoms with van der Waals surface area (Å²) in [7, 11) is -1.26. The normalized spacial score (nSPS) is 18.2. The minimum atomic E-state index is -1.26. The molecule has 282 valence electrons. The van der Waals surface area contributed by atoms with Crippen LogP contribution in [0.1, 0.15) is 163 Å². The van der Waals surface area contributed by atoms with Gasteiger partial charge < -0.3 is 0 Å². The summed E-state index contributed by atoms with van der Waals surface area (Å²) in [4.78, 5) is 0. The molecule has 0 saturated carbocycles. The van der Waals surface area contributed by atoms with E-state index < -0.39 is 10.0 Å². The molecule has 2 unspecified atom stereocenters. The van der Waals surface area contributed by atoms with Crippen molar-refractivity contribution in [2.75, 3.05) is 12.5 Å². The lowest BCUT2D eigenvalue weighted by Gasteiger charge is -2.46. The van der Waals surface area contributed by atoms with Crippen molar-refractivity contribution in [2.45, 2.75) is 143 Å². The molecule has 0 spiro atoms. The lowest BCUT2D eigenvalue weighted by Crippen LogP contribution is -2.17. The third-order valence-electron chi connectivity index (χ3n) is 12.0. The second-order valence-corrected chi connectivity index (χ2v) is 25.2. The van der Waals surface area contributed by atoms with Gasteiger partial charge in [-0.05, 0) is 129 Å². The zero-order chi connectivity index (χ0) is 39.4. The SMILES string of the molecule is CC1=Cc2c(-c3cc(C(C)(C)C)cc(C(C)(C)C)c3)cc(C)cc2C1S(C)(C)C1C(C)=Cc2c(-c3cc(C(C)(C)C)cc(C(C)(C)C)c3)cc(C)cc21. The summed E-state index contributed by atoms with van der Waals surface area (Å²) in [5.41, 5.74) is 23.1. The van der Waals surface area contributed by atoms with E-state index in [2.05, 4.69) is 196 Å². The Kier molecular flexibility index (Phi) is 9.59. The standard InChI is InChI=1S/C52H68S/c1-31-19-41(35-25-37(49(5,6)7)29-38(26-35)50(8,9)10)43-23-33(3)47(45(43)21-31)53(17,18)48-34(4)24-44-42(20-32(2)22-46(44)48)36-27-39(51(11,12)13)30-40(28-36)52(14,15)16/h19-30,47-48H,1-18H3. The number of hydrogen-bond acceptors (Lipinski definition) is 0. The predicted octanol–water partition coefficient (Wildman–Crippen LogP) is 15.5. The molecule has 0 nitrogen and oxygen atoms in total. The Bertz CT molecular complexity index is 1950. The molecule has 2 aliphatic carbocycles. The Morgan fingerprint density at radius 2 is 0.679 bits per heavy atom. The molecular formula is C52H68S. The van der Waals surface area contributed by atoms with Crippen LogP contribution in [0.5, 0.6) is 0 Å². The number of rotatable bonds is 4. The molecule has 0 saturated heterocycles. The van der Waals surface area contributed by atoms with Gasteiger partial charge in [0.2, 0.25) is 0 Å². The van der Waals surface area contributed by atoms with Crippen LogP contribution in [0.2, 0.25) is 0 Å². The zero-order valence-corrected chi connectivity index (χ0v) is 37.3. The molecule has 0 bridgehead atoms. The Balaban J connectivity index is 1.51. The fourth-order valence-corrected chi connectivity index (χ4v) is 13.1. The quantitative estimate of drug-likeness (QED) is 0.197. The van der Waals surface area contributed by atoms with Crippen LogP contribution in [0.4, 0.5) is 0 Å². The van der Waals surface area contributed by atoms with E-state index in [4.69, 9.17) is 0 Å². The molecule has 4 aromatic carbocycles. The Hall–Kier alpha value is -3.29. The molecule has 2 atom stereocenters. The van der Waals surface area contributed by atoms with Gasteiger partial charge in [0.1, 0.15) is 0 Å². The van der Waals surface area contributed by atoms with Crippen LogP contribution < -0.4 is 0 Å². The average molecular weight is 725 g/mol. The molecule has 0 N–H and O–H groups in total. The van der Waals surface area contributed by atoms with E-state index in [1.807, 2.05) is 0 Å². The van der Waals surface area contributed by atoms with Gasteiger partial charge in [0, 0.05) is 10.5 Å². The monoisotopic (exact) mass is 725 g/mol. The molecule has 0 amide bonds. The van der Waals surface area contributed by atoms with Gasteiger partial charge in [0.05, 0.1) is 0 Å². The van der Waals surface area contributed by atoms with E-state index in [1.54, 1.807) is 0 Å². The van der Waals surface area contributed by atoms with Crippen LogP contribution in [0.25, 0.3) is 34.4 Å². The first-order valence-corrected chi connectivity index (χ1v) is 22.4. The van der Waals surface area contributed by atoms with Gasteiger partial charge in [-0.2, -0.15) is 0 Å². The van der Waals surface area contributed by atoms with Gasteiger partial charge in [0.25, 0.3) is 0 Å². The van der Waals surface area contributed by atoms with E-state index in [1.165, 1.54) is 89.0 Å². The highest BCUT2D eigenvalue weighted by atomic mass is 32.3. The molecule has 0 heterocycles. The highest BCUT2D eigenvalue weighted by Gasteiger charge is 2.43. The Labute approximate surface area is 325 Å². The summed E-state index contributed by atoms with van der Waals surface area (Å²) in [6.45, 7) is 37.6. The molecule has 4 aromatic rings. The maximum atomic E-state index is 2.63. The highest BCUT2D eigenvalue weighted by Crippen LogP contribution is 2.73. The predicted molar refractivity (Wildman–Crippen MR) is 240 cm³/mol. The first-order chi connectivity index (χ1) is 24.2. The van der Waals surface area contributed by atoms with Gasteiger partial charge in [0.15, 0.2) is 0 Å². The van der Waals surface area contributed by atoms with Crippen molar-refractivity contribution in [2.24, 2.45) is 0 Å². The summed E-state index contributed by atoms with van der Waals surface area (Å²) in [5.74, 6) is 0. The van der Waals surface area contributed by atoms with Gasteiger partial charge >= 0.3 is 0 Å². The number of benzene rings is 4. The summed E-state index contributed by atoms with van der Waals surface area (Å²) in [5, 5.41) is 0.785. The first kappa shape index (κ1) is 39.4. The second kappa shape index (κ2) is 12.9. The molecule has 6 rings (SSSR count). The van der Waals surface area contributed by atoms with E-state index in [-0.39, 0.29) is 21.7 Å². The van der Waals surface area contributed by atoms with Crippen LogP contribution in [0.3, 0.4) is 0 Å². The van der Waals surface area contributed by atoms with Crippen molar-refractivity contribution in [3.05, 3.63) is 127 Å². The van der Waals surface area contributed by atoms with Crippen LogP contribution in [-0.2, 0) is 21.7 Å². The summed E-state index contributed by atoms with van der Waals surface area (Å²) in [6.07, 6.45) is 10.3. The van der Waals surface area contributed by atoms with Crippen molar-refractivity contribution < 1.29 is 0 Å². The van der Waals surface area contributed by atoms with Crippen molar-refractivity contribution in [1.29, 1.82) is 0 Å². The topological polar surface area (TPSA) is 0 Å². The Morgan fingerprint density at radius 3 is 0.943 bits per heavy atom. The van der Waals surface area contributed by atoms with Crippen molar-refractivity contribution in [1.82, 2.24) is 0 Å². The van der Waals surface area contributed by atoms with Crippen LogP contribution in [0.15, 0.2) is 71.8 Å². The number of fused-ring (bicyclic) bond motifs is 2. The molecule has 0 aliphatic heterocycles. The van der Waals surface area contributed by atoms with Crippen molar-refractivity contribution in [3.8, 4) is 22.3 Å². The number of hydrogen-bond donors (Lipinski definition) is 0. The third-order valence-corrected chi connectivity index (χ3v) is 15.7. The van der Waals surface area contributed by atoms with Gasteiger partial charge in [-0.1, -0.05) is 178 Å². The van der Waals surface area contributed by atoms with Gasteiger partial charge in [-0.25, -0.2) is 10.0 Å². The minimum absolute atomic E-state index is 0.0719. The minimum Gasteiger partial charge on any atom is -0.226 e. The van der Waals surface area contributed by atoms with Gasteiger partial charge in [-0.3, -0.25) is 0 Å². The lowest BCUT2D eigenvalue weighted by atomic mass is 9.78. The highest BCUT2D eigenvalue weighted by molar-refractivity contribution is 8.33. The van der Waals surface area contributed by atoms with Crippen LogP contribution in [0, 0.1) is 13.8 Å². The maximum absolute atomic E-state index is 2.63. The fraction of sp³-hybridized carbons (Fsp3) is 0.462. The van der Waals surface area contributed by atoms with E-state index in [9.17, 15) is 0 Å². The summed E-state index contributed by atoms with van der Waals surface area (Å²) >= 11 is 0. The molecule has 53 heavy (non-hydrogen) atoms. The fourth-order valence-electron chi connectivity index (χ4n) is 9.03. The molecule has 2 aliphatic rings. The molecule has 0 radical (unpaired) electrons. The second-order valence-electron chi connectivity index (χ2n) is 21.3. The average Bonchev–Trinajstić information content (AvgIpc) is 3.53. The summed E-state index contributed by atoms with van der Waals surface area (Å²) < 4.78 is 0. The summed E-state index contributed by atoms with van der Waals surface area (Å²) in [6, 6.07) is 24.7. The maximum Gasteiger partial charge on any atom is 0.0361 e. The van der Waals surface area contributed by atoms with E-state index in [0.29, 0.717) is 10.5 Å². The van der Waals surface area contributed by atoms with Crippen LogP contribution >= 0.6 is 10.0 Å². The van der Waals surface area contributed by atoms with E-state index in [0.717, 1.165) is 0 Å². The first-order valence-electron chi connectivity index (χ1n) is 19.9. The zero-order valence-electron chi connectivity index (χ0n) is 36.5. The molecule has 0 fully saturated rings. The largest absolute Gasteiger partial charge is 0.226 e. The van der Waals surface area contributed by atoms with Crippen molar-refractivity contribution in [3.63, 3.8) is 0 Å². The Morgan fingerprint density at radius 1 is 0.396 bits per heavy atom. The lowest BCUT2D eigenvalue weighted by molar-refractivity contribution is 0.568. The van der Waals surface area contributed by atoms with Crippen LogP contribution in [-0.4, -0.2) is 12.5 Å². The van der Waals surface area contributed by atoms with Crippen molar-refractivity contribution >= 4 is 22.2 Å². The smallest absolute Gasteiger partial charge is 0.0361 e. The molecular weight excluding hydrogens is 657 g/mol. The number of aryl methyl sites for hydroxylation is 2. The third kappa shape index (κ3) is 7.29. The molecule has 0 aromatic heterocycles. The van der Waals surface area contributed by atoms with Gasteiger partial charge in [-0.15, -0.1) is 0 Å². The molecule has 1 heteroatoms.